The van der Waals surface area contributed by atoms with Crippen LogP contribution in [0.3, 0.4) is 0 Å². The van der Waals surface area contributed by atoms with E-state index in [2.05, 4.69) is 0 Å². The van der Waals surface area contributed by atoms with Crippen molar-refractivity contribution < 1.29 is 19.8 Å². The Morgan fingerprint density at radius 2 is 1.06 bits per heavy atom. The molecule has 0 fully saturated rings. The number of hydrogen-bond donors (Lipinski definition) is 2. The molecule has 0 rings (SSSR count). The zero-order chi connectivity index (χ0) is 13.0. The van der Waals surface area contributed by atoms with Gasteiger partial charge in [-0.25, -0.2) is 0 Å². The second kappa shape index (κ2) is 5.32. The van der Waals surface area contributed by atoms with Gasteiger partial charge in [-0.3, -0.25) is 9.59 Å². The SMILES string of the molecule is CC(C)(CCC(C)(C)CC(=O)O)CC(=O)O. The van der Waals surface area contributed by atoms with Crippen LogP contribution in [0.4, 0.5) is 0 Å². The Hall–Kier alpha value is -1.06. The summed E-state index contributed by atoms with van der Waals surface area (Å²) < 4.78 is 0. The standard InChI is InChI=1S/C12H22O4/c1-11(2,7-9(13)14)5-6-12(3,4)8-10(15)16/h5-8H2,1-4H3,(H,13,14)(H,15,16). The molecule has 0 heterocycles. The lowest BCUT2D eigenvalue weighted by molar-refractivity contribution is -0.141. The first-order valence-electron chi connectivity index (χ1n) is 5.48. The number of hydrogen-bond acceptors (Lipinski definition) is 2. The van der Waals surface area contributed by atoms with E-state index in [0.717, 1.165) is 12.8 Å². The average Bonchev–Trinajstić information content (AvgIpc) is 1.96. The molecule has 0 bridgehead atoms. The van der Waals surface area contributed by atoms with E-state index < -0.39 is 11.9 Å². The number of aliphatic carboxylic acids is 2. The van der Waals surface area contributed by atoms with Gasteiger partial charge in [-0.2, -0.15) is 0 Å². The van der Waals surface area contributed by atoms with E-state index >= 15 is 0 Å². The van der Waals surface area contributed by atoms with Crippen LogP contribution >= 0.6 is 0 Å². The zero-order valence-corrected chi connectivity index (χ0v) is 10.5. The van der Waals surface area contributed by atoms with Crippen molar-refractivity contribution in [3.63, 3.8) is 0 Å². The van der Waals surface area contributed by atoms with Gasteiger partial charge in [0.25, 0.3) is 0 Å². The summed E-state index contributed by atoms with van der Waals surface area (Å²) in [6.07, 6.45) is 1.69. The fourth-order valence-corrected chi connectivity index (χ4v) is 1.67. The van der Waals surface area contributed by atoms with E-state index in [0.29, 0.717) is 0 Å². The van der Waals surface area contributed by atoms with Crippen LogP contribution in [0.5, 0.6) is 0 Å². The Morgan fingerprint density at radius 1 is 0.812 bits per heavy atom. The van der Waals surface area contributed by atoms with Crippen molar-refractivity contribution in [1.29, 1.82) is 0 Å². The van der Waals surface area contributed by atoms with Crippen molar-refractivity contribution in [1.82, 2.24) is 0 Å². The highest BCUT2D eigenvalue weighted by molar-refractivity contribution is 5.68. The molecule has 0 aliphatic heterocycles. The monoisotopic (exact) mass is 230 g/mol. The van der Waals surface area contributed by atoms with Gasteiger partial charge in [-0.15, -0.1) is 0 Å². The predicted octanol–water partition coefficient (Wildman–Crippen LogP) is 2.77. The molecule has 0 atom stereocenters. The van der Waals surface area contributed by atoms with Crippen LogP contribution in [0, 0.1) is 10.8 Å². The molecule has 0 unspecified atom stereocenters. The van der Waals surface area contributed by atoms with Crippen LogP contribution in [0.25, 0.3) is 0 Å². The number of carbonyl (C=O) groups is 2. The van der Waals surface area contributed by atoms with Gasteiger partial charge in [0.15, 0.2) is 0 Å². The van der Waals surface area contributed by atoms with Crippen molar-refractivity contribution in [2.24, 2.45) is 10.8 Å². The van der Waals surface area contributed by atoms with Gasteiger partial charge in [0.05, 0.1) is 12.8 Å². The molecular weight excluding hydrogens is 208 g/mol. The van der Waals surface area contributed by atoms with E-state index in [-0.39, 0.29) is 23.7 Å². The maximum Gasteiger partial charge on any atom is 0.303 e. The Kier molecular flexibility index (Phi) is 4.97. The smallest absolute Gasteiger partial charge is 0.303 e. The molecule has 0 aromatic carbocycles. The molecule has 2 N–H and O–H groups in total. The third-order valence-corrected chi connectivity index (χ3v) is 2.74. The largest absolute Gasteiger partial charge is 0.481 e. The van der Waals surface area contributed by atoms with Crippen molar-refractivity contribution in [3.05, 3.63) is 0 Å². The van der Waals surface area contributed by atoms with Crippen LogP contribution in [-0.2, 0) is 9.59 Å². The summed E-state index contributed by atoms with van der Waals surface area (Å²) in [7, 11) is 0. The van der Waals surface area contributed by atoms with Crippen LogP contribution < -0.4 is 0 Å². The molecular formula is C12H22O4. The lowest BCUT2D eigenvalue weighted by atomic mass is 9.76. The number of carboxylic acids is 2. The molecule has 16 heavy (non-hydrogen) atoms. The van der Waals surface area contributed by atoms with Crippen LogP contribution in [0.1, 0.15) is 53.4 Å². The molecule has 0 aliphatic carbocycles. The fourth-order valence-electron chi connectivity index (χ4n) is 1.67. The number of carboxylic acid groups (broad SMARTS) is 2. The van der Waals surface area contributed by atoms with Crippen molar-refractivity contribution in [3.8, 4) is 0 Å². The van der Waals surface area contributed by atoms with Gasteiger partial charge in [-0.1, -0.05) is 27.7 Å². The zero-order valence-electron chi connectivity index (χ0n) is 10.5. The van der Waals surface area contributed by atoms with Gasteiger partial charge >= 0.3 is 11.9 Å². The summed E-state index contributed by atoms with van der Waals surface area (Å²) >= 11 is 0. The third kappa shape index (κ3) is 7.26. The molecule has 0 saturated carbocycles. The minimum absolute atomic E-state index is 0.121. The topological polar surface area (TPSA) is 74.6 Å². The molecule has 0 aromatic rings. The van der Waals surface area contributed by atoms with Crippen molar-refractivity contribution >= 4 is 11.9 Å². The lowest BCUT2D eigenvalue weighted by Gasteiger charge is -2.29. The molecule has 94 valence electrons. The van der Waals surface area contributed by atoms with Gasteiger partial charge in [0.1, 0.15) is 0 Å². The summed E-state index contributed by atoms with van der Waals surface area (Å²) in [5.74, 6) is -1.61. The van der Waals surface area contributed by atoms with E-state index in [4.69, 9.17) is 10.2 Å². The molecule has 0 saturated heterocycles. The minimum atomic E-state index is -0.805. The Morgan fingerprint density at radius 3 is 1.25 bits per heavy atom. The van der Waals surface area contributed by atoms with Gasteiger partial charge in [0, 0.05) is 0 Å². The molecule has 0 radical (unpaired) electrons. The minimum Gasteiger partial charge on any atom is -0.481 e. The second-order valence-corrected chi connectivity index (χ2v) is 5.97. The maximum atomic E-state index is 10.6. The number of rotatable bonds is 7. The molecule has 4 nitrogen and oxygen atoms in total. The van der Waals surface area contributed by atoms with E-state index in [9.17, 15) is 9.59 Å². The summed E-state index contributed by atoms with van der Waals surface area (Å²) in [6.45, 7) is 7.60. The second-order valence-electron chi connectivity index (χ2n) is 5.97. The van der Waals surface area contributed by atoms with Gasteiger partial charge < -0.3 is 10.2 Å². The van der Waals surface area contributed by atoms with E-state index in [1.165, 1.54) is 0 Å². The highest BCUT2D eigenvalue weighted by atomic mass is 16.4. The first kappa shape index (κ1) is 14.9. The summed E-state index contributed by atoms with van der Waals surface area (Å²) in [6, 6.07) is 0. The molecule has 0 spiro atoms. The Labute approximate surface area is 96.7 Å². The molecule has 0 aliphatic rings. The summed E-state index contributed by atoms with van der Waals surface area (Å²) in [5, 5.41) is 17.5. The molecule has 0 amide bonds. The first-order valence-corrected chi connectivity index (χ1v) is 5.48. The van der Waals surface area contributed by atoms with E-state index in [1.807, 2.05) is 27.7 Å². The highest BCUT2D eigenvalue weighted by Crippen LogP contribution is 2.35. The molecule has 0 aromatic heterocycles. The molecule has 4 heteroatoms. The third-order valence-electron chi connectivity index (χ3n) is 2.74. The quantitative estimate of drug-likeness (QED) is 0.705. The Bertz CT molecular complexity index is 238. The first-order chi connectivity index (χ1) is 7.04. The van der Waals surface area contributed by atoms with Crippen molar-refractivity contribution in [2.75, 3.05) is 0 Å². The highest BCUT2D eigenvalue weighted by Gasteiger charge is 2.27. The summed E-state index contributed by atoms with van der Waals surface area (Å²) in [5.41, 5.74) is -0.552. The fraction of sp³-hybridized carbons (Fsp3) is 0.833. The average molecular weight is 230 g/mol. The normalized spacial score (nSPS) is 12.5. The lowest BCUT2D eigenvalue weighted by Crippen LogP contribution is -2.23. The Balaban J connectivity index is 4.21. The maximum absolute atomic E-state index is 10.6. The predicted molar refractivity (Wildman–Crippen MR) is 61.3 cm³/mol. The van der Waals surface area contributed by atoms with E-state index in [1.54, 1.807) is 0 Å². The van der Waals surface area contributed by atoms with Gasteiger partial charge in [0.2, 0.25) is 0 Å². The van der Waals surface area contributed by atoms with Crippen LogP contribution in [-0.4, -0.2) is 22.2 Å². The summed E-state index contributed by atoms with van der Waals surface area (Å²) in [4.78, 5) is 21.2. The van der Waals surface area contributed by atoms with Crippen LogP contribution in [0.15, 0.2) is 0 Å². The van der Waals surface area contributed by atoms with Gasteiger partial charge in [-0.05, 0) is 23.7 Å². The van der Waals surface area contributed by atoms with Crippen molar-refractivity contribution in [2.45, 2.75) is 53.4 Å². The van der Waals surface area contributed by atoms with Crippen LogP contribution in [0.2, 0.25) is 0 Å².